The Morgan fingerprint density at radius 3 is 2.03 bits per heavy atom. The van der Waals surface area contributed by atoms with E-state index < -0.39 is 32.5 Å². The van der Waals surface area contributed by atoms with Crippen LogP contribution in [0, 0.1) is 6.92 Å². The molecule has 0 aliphatic rings. The van der Waals surface area contributed by atoms with Gasteiger partial charge in [-0.05, 0) is 66.6 Å². The van der Waals surface area contributed by atoms with E-state index in [1.54, 1.807) is 19.1 Å². The van der Waals surface area contributed by atoms with Crippen LogP contribution in [0.3, 0.4) is 0 Å². The first-order chi connectivity index (χ1) is 17.2. The van der Waals surface area contributed by atoms with Crippen LogP contribution in [0.5, 0.6) is 0 Å². The molecular formula is C24H24Cl3N3O5S2. The second kappa shape index (κ2) is 11.7. The van der Waals surface area contributed by atoms with E-state index in [9.17, 15) is 21.6 Å². The second-order valence-corrected chi connectivity index (χ2v) is 13.6. The Morgan fingerprint density at radius 1 is 0.811 bits per heavy atom. The summed E-state index contributed by atoms with van der Waals surface area (Å²) in [5, 5.41) is 3.53. The Labute approximate surface area is 231 Å². The van der Waals surface area contributed by atoms with E-state index in [0.717, 1.165) is 8.61 Å². The minimum absolute atomic E-state index is 0.0140. The molecule has 8 nitrogen and oxygen atoms in total. The predicted octanol–water partition coefficient (Wildman–Crippen LogP) is 5.04. The SMILES string of the molecule is Cc1ccc(S(=O)(=O)N(C)C)cc1NC(=O)CN(Cc1ccc(Cl)c(Cl)c1)S(=O)(=O)c1ccc(Cl)cc1. The van der Waals surface area contributed by atoms with E-state index in [4.69, 9.17) is 34.8 Å². The van der Waals surface area contributed by atoms with Crippen LogP contribution >= 0.6 is 34.8 Å². The maximum absolute atomic E-state index is 13.5. The molecule has 0 saturated carbocycles. The summed E-state index contributed by atoms with van der Waals surface area (Å²) in [5.41, 5.74) is 1.35. The van der Waals surface area contributed by atoms with Gasteiger partial charge in [-0.25, -0.2) is 21.1 Å². The molecule has 3 rings (SSSR count). The van der Waals surface area contributed by atoms with Crippen LogP contribution in [-0.4, -0.2) is 52.0 Å². The van der Waals surface area contributed by atoms with Gasteiger partial charge in [-0.15, -0.1) is 0 Å². The molecule has 198 valence electrons. The molecule has 3 aromatic rings. The first-order valence-corrected chi connectivity index (χ1v) is 14.8. The molecule has 0 fully saturated rings. The summed E-state index contributed by atoms with van der Waals surface area (Å²) >= 11 is 18.0. The molecular weight excluding hydrogens is 581 g/mol. The number of nitrogens with zero attached hydrogens (tertiary/aromatic N) is 2. The molecule has 0 aliphatic heterocycles. The van der Waals surface area contributed by atoms with Crippen molar-refractivity contribution in [3.63, 3.8) is 0 Å². The highest BCUT2D eigenvalue weighted by atomic mass is 35.5. The topological polar surface area (TPSA) is 104 Å². The number of sulfonamides is 2. The van der Waals surface area contributed by atoms with Crippen LogP contribution in [0.4, 0.5) is 5.69 Å². The van der Waals surface area contributed by atoms with Crippen molar-refractivity contribution in [2.75, 3.05) is 26.0 Å². The number of carbonyl (C=O) groups is 1. The first kappa shape index (κ1) is 29.4. The Kier molecular flexibility index (Phi) is 9.28. The zero-order valence-corrected chi connectivity index (χ0v) is 24.0. The van der Waals surface area contributed by atoms with Gasteiger partial charge in [0, 0.05) is 31.4 Å². The fourth-order valence-corrected chi connectivity index (χ4v) is 6.04. The fraction of sp³-hybridized carbons (Fsp3) is 0.208. The lowest BCUT2D eigenvalue weighted by molar-refractivity contribution is -0.116. The van der Waals surface area contributed by atoms with E-state index in [-0.39, 0.29) is 27.0 Å². The molecule has 0 radical (unpaired) electrons. The molecule has 1 amide bonds. The number of hydrogen-bond donors (Lipinski definition) is 1. The molecule has 1 N–H and O–H groups in total. The molecule has 0 aromatic heterocycles. The zero-order valence-electron chi connectivity index (χ0n) is 20.1. The lowest BCUT2D eigenvalue weighted by Gasteiger charge is -2.23. The smallest absolute Gasteiger partial charge is 0.243 e. The molecule has 37 heavy (non-hydrogen) atoms. The van der Waals surface area contributed by atoms with Crippen LogP contribution in [0.15, 0.2) is 70.5 Å². The van der Waals surface area contributed by atoms with E-state index >= 15 is 0 Å². The number of anilines is 1. The maximum Gasteiger partial charge on any atom is 0.243 e. The van der Waals surface area contributed by atoms with Crippen LogP contribution in [-0.2, 0) is 31.4 Å². The zero-order chi connectivity index (χ0) is 27.5. The summed E-state index contributed by atoms with van der Waals surface area (Å²) in [6.07, 6.45) is 0. The number of nitrogens with one attached hydrogen (secondary N) is 1. The fourth-order valence-electron chi connectivity index (χ4n) is 3.28. The van der Waals surface area contributed by atoms with Gasteiger partial charge < -0.3 is 5.32 Å². The molecule has 13 heteroatoms. The largest absolute Gasteiger partial charge is 0.325 e. The van der Waals surface area contributed by atoms with E-state index in [2.05, 4.69) is 5.32 Å². The molecule has 0 aliphatic carbocycles. The van der Waals surface area contributed by atoms with Crippen molar-refractivity contribution in [1.82, 2.24) is 8.61 Å². The maximum atomic E-state index is 13.5. The molecule has 0 saturated heterocycles. The normalized spacial score (nSPS) is 12.2. The van der Waals surface area contributed by atoms with Gasteiger partial charge in [0.25, 0.3) is 0 Å². The standard InChI is InChI=1S/C24H24Cl3N3O5S2/c1-16-4-8-20(36(32,33)29(2)3)13-23(16)28-24(31)15-30(14-17-5-11-21(26)22(27)12-17)37(34,35)19-9-6-18(25)7-10-19/h4-13H,14-15H2,1-3H3,(H,28,31). The second-order valence-electron chi connectivity index (χ2n) is 8.29. The van der Waals surface area contributed by atoms with Gasteiger partial charge in [-0.2, -0.15) is 4.31 Å². The van der Waals surface area contributed by atoms with Gasteiger partial charge in [0.05, 0.1) is 26.4 Å². The number of aryl methyl sites for hydroxylation is 1. The number of rotatable bonds is 9. The minimum atomic E-state index is -4.14. The third-order valence-corrected chi connectivity index (χ3v) is 9.98. The van der Waals surface area contributed by atoms with Crippen molar-refractivity contribution in [2.45, 2.75) is 23.3 Å². The lowest BCUT2D eigenvalue weighted by Crippen LogP contribution is -2.37. The summed E-state index contributed by atoms with van der Waals surface area (Å²) in [6.45, 7) is 0.957. The van der Waals surface area contributed by atoms with E-state index in [0.29, 0.717) is 21.2 Å². The van der Waals surface area contributed by atoms with Crippen molar-refractivity contribution in [2.24, 2.45) is 0 Å². The van der Waals surface area contributed by atoms with Crippen LogP contribution in [0.1, 0.15) is 11.1 Å². The highest BCUT2D eigenvalue weighted by Crippen LogP contribution is 2.26. The number of carbonyl (C=O) groups excluding carboxylic acids is 1. The molecule has 0 atom stereocenters. The molecule has 0 spiro atoms. The van der Waals surface area contributed by atoms with Crippen LogP contribution in [0.25, 0.3) is 0 Å². The third kappa shape index (κ3) is 7.02. The average Bonchev–Trinajstić information content (AvgIpc) is 2.82. The van der Waals surface area contributed by atoms with Gasteiger partial charge in [0.1, 0.15) is 0 Å². The number of halogens is 3. The Morgan fingerprint density at radius 2 is 1.43 bits per heavy atom. The summed E-state index contributed by atoms with van der Waals surface area (Å²) in [4.78, 5) is 13.0. The van der Waals surface area contributed by atoms with E-state index in [1.807, 2.05) is 0 Å². The van der Waals surface area contributed by atoms with Gasteiger partial charge >= 0.3 is 0 Å². The molecule has 0 unspecified atom stereocenters. The highest BCUT2D eigenvalue weighted by molar-refractivity contribution is 7.89. The van der Waals surface area contributed by atoms with Crippen molar-refractivity contribution in [1.29, 1.82) is 0 Å². The van der Waals surface area contributed by atoms with Crippen molar-refractivity contribution >= 4 is 66.4 Å². The number of benzene rings is 3. The van der Waals surface area contributed by atoms with Crippen molar-refractivity contribution < 1.29 is 21.6 Å². The molecule has 0 heterocycles. The lowest BCUT2D eigenvalue weighted by atomic mass is 10.2. The van der Waals surface area contributed by atoms with Gasteiger partial charge in [0.15, 0.2) is 0 Å². The summed E-state index contributed by atoms with van der Waals surface area (Å²) < 4.78 is 54.0. The Balaban J connectivity index is 1.94. The highest BCUT2D eigenvalue weighted by Gasteiger charge is 2.28. The predicted molar refractivity (Wildman–Crippen MR) is 146 cm³/mol. The third-order valence-electron chi connectivity index (χ3n) is 5.38. The number of hydrogen-bond acceptors (Lipinski definition) is 5. The monoisotopic (exact) mass is 603 g/mol. The quantitative estimate of drug-likeness (QED) is 0.369. The van der Waals surface area contributed by atoms with Gasteiger partial charge in [-0.1, -0.05) is 46.9 Å². The Bertz CT molecular complexity index is 1530. The number of amides is 1. The van der Waals surface area contributed by atoms with Gasteiger partial charge in [-0.3, -0.25) is 4.79 Å². The van der Waals surface area contributed by atoms with Gasteiger partial charge in [0.2, 0.25) is 26.0 Å². The van der Waals surface area contributed by atoms with Crippen molar-refractivity contribution in [3.05, 3.63) is 86.9 Å². The van der Waals surface area contributed by atoms with Crippen molar-refractivity contribution in [3.8, 4) is 0 Å². The summed E-state index contributed by atoms with van der Waals surface area (Å²) in [7, 11) is -5.09. The Hall–Kier alpha value is -2.18. The van der Waals surface area contributed by atoms with Crippen LogP contribution in [0.2, 0.25) is 15.1 Å². The van der Waals surface area contributed by atoms with Crippen LogP contribution < -0.4 is 5.32 Å². The van der Waals surface area contributed by atoms with E-state index in [1.165, 1.54) is 62.6 Å². The first-order valence-electron chi connectivity index (χ1n) is 10.7. The summed E-state index contributed by atoms with van der Waals surface area (Å²) in [5.74, 6) is -0.667. The minimum Gasteiger partial charge on any atom is -0.325 e. The summed E-state index contributed by atoms with van der Waals surface area (Å²) in [6, 6.07) is 14.5. The average molecular weight is 605 g/mol. The molecule has 0 bridgehead atoms. The molecule has 3 aromatic carbocycles.